The van der Waals surface area contributed by atoms with Crippen molar-refractivity contribution >= 4 is 11.6 Å². The number of nitrogens with zero attached hydrogens (tertiary/aromatic N) is 2. The molecule has 0 fully saturated rings. The van der Waals surface area contributed by atoms with Gasteiger partial charge < -0.3 is 24.6 Å². The van der Waals surface area contributed by atoms with E-state index in [1.165, 1.54) is 0 Å². The first-order valence-electron chi connectivity index (χ1n) is 7.72. The van der Waals surface area contributed by atoms with E-state index in [4.69, 9.17) is 14.2 Å². The molecule has 2 heterocycles. The number of anilines is 2. The summed E-state index contributed by atoms with van der Waals surface area (Å²) in [6.45, 7) is 1.07. The SMILES string of the molecule is Oc1cccc(Nc2ncc(Oc3ccc4c(c3)OCCO4)cn2)c1. The van der Waals surface area contributed by atoms with Crippen molar-refractivity contribution in [2.24, 2.45) is 0 Å². The fourth-order valence-corrected chi connectivity index (χ4v) is 2.37. The van der Waals surface area contributed by atoms with Gasteiger partial charge >= 0.3 is 0 Å². The van der Waals surface area contributed by atoms with Gasteiger partial charge in [-0.15, -0.1) is 0 Å². The second-order valence-electron chi connectivity index (χ2n) is 5.33. The van der Waals surface area contributed by atoms with Crippen LogP contribution >= 0.6 is 0 Å². The van der Waals surface area contributed by atoms with Gasteiger partial charge in [0.2, 0.25) is 5.95 Å². The van der Waals surface area contributed by atoms with E-state index in [1.54, 1.807) is 42.7 Å². The van der Waals surface area contributed by atoms with E-state index < -0.39 is 0 Å². The summed E-state index contributed by atoms with van der Waals surface area (Å²) in [6.07, 6.45) is 3.13. The van der Waals surface area contributed by atoms with Gasteiger partial charge in [0.05, 0.1) is 12.4 Å². The summed E-state index contributed by atoms with van der Waals surface area (Å²) < 4.78 is 16.7. The number of rotatable bonds is 4. The fraction of sp³-hybridized carbons (Fsp3) is 0.111. The van der Waals surface area contributed by atoms with Crippen LogP contribution in [0, 0.1) is 0 Å². The lowest BCUT2D eigenvalue weighted by Gasteiger charge is -2.18. The Morgan fingerprint density at radius 1 is 0.920 bits per heavy atom. The topological polar surface area (TPSA) is 85.7 Å². The molecule has 7 nitrogen and oxygen atoms in total. The van der Waals surface area contributed by atoms with Crippen LogP contribution in [-0.4, -0.2) is 28.3 Å². The highest BCUT2D eigenvalue weighted by Crippen LogP contribution is 2.35. The van der Waals surface area contributed by atoms with E-state index in [1.807, 2.05) is 12.1 Å². The largest absolute Gasteiger partial charge is 0.508 e. The normalized spacial score (nSPS) is 12.5. The summed E-state index contributed by atoms with van der Waals surface area (Å²) in [6, 6.07) is 12.1. The molecule has 0 amide bonds. The van der Waals surface area contributed by atoms with E-state index in [0.717, 1.165) is 0 Å². The van der Waals surface area contributed by atoms with E-state index in [0.29, 0.717) is 47.8 Å². The number of hydrogen-bond acceptors (Lipinski definition) is 7. The van der Waals surface area contributed by atoms with Crippen LogP contribution in [0.2, 0.25) is 0 Å². The smallest absolute Gasteiger partial charge is 0.227 e. The van der Waals surface area contributed by atoms with Crippen molar-refractivity contribution in [2.75, 3.05) is 18.5 Å². The van der Waals surface area contributed by atoms with Gasteiger partial charge in [0, 0.05) is 17.8 Å². The molecule has 7 heteroatoms. The number of phenolic OH excluding ortho intramolecular Hbond substituents is 1. The monoisotopic (exact) mass is 337 g/mol. The molecule has 2 N–H and O–H groups in total. The van der Waals surface area contributed by atoms with E-state index in [-0.39, 0.29) is 5.75 Å². The molecule has 1 aliphatic rings. The molecular weight excluding hydrogens is 322 g/mol. The van der Waals surface area contributed by atoms with Gasteiger partial charge in [0.25, 0.3) is 0 Å². The zero-order valence-corrected chi connectivity index (χ0v) is 13.2. The molecule has 0 radical (unpaired) electrons. The first-order chi connectivity index (χ1) is 12.3. The molecule has 3 aromatic rings. The summed E-state index contributed by atoms with van der Waals surface area (Å²) in [7, 11) is 0. The van der Waals surface area contributed by atoms with Crippen molar-refractivity contribution in [2.45, 2.75) is 0 Å². The summed E-state index contributed by atoms with van der Waals surface area (Å²) >= 11 is 0. The van der Waals surface area contributed by atoms with Crippen molar-refractivity contribution in [3.05, 3.63) is 54.9 Å². The van der Waals surface area contributed by atoms with Crippen LogP contribution in [0.15, 0.2) is 54.9 Å². The van der Waals surface area contributed by atoms with Gasteiger partial charge in [-0.3, -0.25) is 0 Å². The van der Waals surface area contributed by atoms with Crippen LogP contribution in [0.4, 0.5) is 11.6 Å². The number of fused-ring (bicyclic) bond motifs is 1. The zero-order valence-electron chi connectivity index (χ0n) is 13.2. The number of benzene rings is 2. The maximum Gasteiger partial charge on any atom is 0.227 e. The quantitative estimate of drug-likeness (QED) is 0.753. The minimum Gasteiger partial charge on any atom is -0.508 e. The second-order valence-corrected chi connectivity index (χ2v) is 5.33. The molecule has 4 rings (SSSR count). The van der Waals surface area contributed by atoms with Crippen LogP contribution in [0.25, 0.3) is 0 Å². The molecule has 0 unspecified atom stereocenters. The number of phenols is 1. The number of aromatic hydroxyl groups is 1. The molecule has 2 aromatic carbocycles. The first kappa shape index (κ1) is 15.1. The highest BCUT2D eigenvalue weighted by molar-refractivity contribution is 5.55. The zero-order chi connectivity index (χ0) is 17.1. The Morgan fingerprint density at radius 3 is 2.52 bits per heavy atom. The maximum atomic E-state index is 9.46. The Hall–Kier alpha value is -3.48. The average Bonchev–Trinajstić information content (AvgIpc) is 2.63. The third-order valence-corrected chi connectivity index (χ3v) is 3.48. The predicted octanol–water partition coefficient (Wildman–Crippen LogP) is 3.49. The maximum absolute atomic E-state index is 9.46. The molecular formula is C18H15N3O4. The van der Waals surface area contributed by atoms with E-state index in [9.17, 15) is 5.11 Å². The van der Waals surface area contributed by atoms with Crippen molar-refractivity contribution < 1.29 is 19.3 Å². The molecule has 0 aliphatic carbocycles. The predicted molar refractivity (Wildman–Crippen MR) is 90.9 cm³/mol. The lowest BCUT2D eigenvalue weighted by atomic mass is 10.3. The lowest BCUT2D eigenvalue weighted by molar-refractivity contribution is 0.171. The second kappa shape index (κ2) is 6.56. The van der Waals surface area contributed by atoms with Gasteiger partial charge in [-0.05, 0) is 24.3 Å². The standard InChI is InChI=1S/C18H15N3O4/c22-13-3-1-2-12(8-13)21-18-19-10-15(11-20-18)25-14-4-5-16-17(9-14)24-7-6-23-16/h1-5,8-11,22H,6-7H2,(H,19,20,21). The van der Waals surface area contributed by atoms with Crippen LogP contribution in [0.1, 0.15) is 0 Å². The highest BCUT2D eigenvalue weighted by Gasteiger charge is 2.12. The van der Waals surface area contributed by atoms with Crippen molar-refractivity contribution in [1.29, 1.82) is 0 Å². The minimum atomic E-state index is 0.170. The summed E-state index contributed by atoms with van der Waals surface area (Å²) in [5.74, 6) is 3.05. The third kappa shape index (κ3) is 3.55. The Balaban J connectivity index is 1.45. The van der Waals surface area contributed by atoms with Crippen LogP contribution < -0.4 is 19.5 Å². The highest BCUT2D eigenvalue weighted by atomic mass is 16.6. The number of hydrogen-bond donors (Lipinski definition) is 2. The first-order valence-corrected chi connectivity index (χ1v) is 7.72. The van der Waals surface area contributed by atoms with E-state index >= 15 is 0 Å². The van der Waals surface area contributed by atoms with Crippen LogP contribution in [0.3, 0.4) is 0 Å². The van der Waals surface area contributed by atoms with E-state index in [2.05, 4.69) is 15.3 Å². The molecule has 0 atom stereocenters. The Morgan fingerprint density at radius 2 is 1.72 bits per heavy atom. The van der Waals surface area contributed by atoms with Crippen molar-refractivity contribution in [1.82, 2.24) is 9.97 Å². The number of nitrogens with one attached hydrogen (secondary N) is 1. The van der Waals surface area contributed by atoms with Gasteiger partial charge in [0.1, 0.15) is 24.7 Å². The lowest BCUT2D eigenvalue weighted by Crippen LogP contribution is -2.15. The number of aromatic nitrogens is 2. The summed E-state index contributed by atoms with van der Waals surface area (Å²) in [5.41, 5.74) is 0.695. The summed E-state index contributed by atoms with van der Waals surface area (Å²) in [5, 5.41) is 12.5. The average molecular weight is 337 g/mol. The molecule has 0 spiro atoms. The van der Waals surface area contributed by atoms with Gasteiger partial charge in [-0.1, -0.05) is 6.07 Å². The number of ether oxygens (including phenoxy) is 3. The van der Waals surface area contributed by atoms with Crippen LogP contribution in [0.5, 0.6) is 28.7 Å². The van der Waals surface area contributed by atoms with Gasteiger partial charge in [-0.25, -0.2) is 9.97 Å². The fourth-order valence-electron chi connectivity index (χ4n) is 2.37. The van der Waals surface area contributed by atoms with Crippen LogP contribution in [-0.2, 0) is 0 Å². The molecule has 126 valence electrons. The van der Waals surface area contributed by atoms with Crippen molar-refractivity contribution in [3.8, 4) is 28.7 Å². The van der Waals surface area contributed by atoms with Gasteiger partial charge in [0.15, 0.2) is 17.2 Å². The molecule has 0 saturated carbocycles. The molecule has 1 aromatic heterocycles. The third-order valence-electron chi connectivity index (χ3n) is 3.48. The Labute approximate surface area is 143 Å². The van der Waals surface area contributed by atoms with Crippen molar-refractivity contribution in [3.63, 3.8) is 0 Å². The van der Waals surface area contributed by atoms with Gasteiger partial charge in [-0.2, -0.15) is 0 Å². The summed E-state index contributed by atoms with van der Waals surface area (Å²) in [4.78, 5) is 8.40. The minimum absolute atomic E-state index is 0.170. The molecule has 25 heavy (non-hydrogen) atoms. The molecule has 0 bridgehead atoms. The molecule has 0 saturated heterocycles. The molecule has 1 aliphatic heterocycles. The Bertz CT molecular complexity index is 884. The Kier molecular flexibility index (Phi) is 3.96.